The van der Waals surface area contributed by atoms with Crippen LogP contribution in [-0.4, -0.2) is 30.4 Å². The molecule has 2 amide bonds. The second-order valence-electron chi connectivity index (χ2n) is 7.02. The van der Waals surface area contributed by atoms with Crippen molar-refractivity contribution in [2.75, 3.05) is 11.9 Å². The molecule has 1 fully saturated rings. The normalized spacial score (nSPS) is 15.3. The number of benzene rings is 1. The number of nitrogens with one attached hydrogen (secondary N) is 2. The lowest BCUT2D eigenvalue weighted by molar-refractivity contribution is -0.155. The largest absolute Gasteiger partial charge is 0.453 e. The Kier molecular flexibility index (Phi) is 7.18. The fourth-order valence-corrected chi connectivity index (χ4v) is 3.26. The minimum Gasteiger partial charge on any atom is -0.453 e. The maximum Gasteiger partial charge on any atom is 0.306 e. The Morgan fingerprint density at radius 1 is 1.15 bits per heavy atom. The predicted molar refractivity (Wildman–Crippen MR) is 99.7 cm³/mol. The van der Waals surface area contributed by atoms with E-state index in [0.717, 1.165) is 42.5 Å². The second-order valence-corrected chi connectivity index (χ2v) is 7.02. The Morgan fingerprint density at radius 3 is 2.38 bits per heavy atom. The van der Waals surface area contributed by atoms with Crippen LogP contribution in [0.4, 0.5) is 5.69 Å². The molecule has 6 nitrogen and oxygen atoms in total. The van der Waals surface area contributed by atoms with Crippen LogP contribution in [0.5, 0.6) is 0 Å². The van der Waals surface area contributed by atoms with Crippen molar-refractivity contribution in [2.45, 2.75) is 59.0 Å². The number of aryl methyl sites for hydroxylation is 2. The number of rotatable bonds is 7. The minimum absolute atomic E-state index is 0.170. The van der Waals surface area contributed by atoms with Gasteiger partial charge in [-0.3, -0.25) is 14.4 Å². The van der Waals surface area contributed by atoms with Gasteiger partial charge in [0.1, 0.15) is 0 Å². The zero-order valence-corrected chi connectivity index (χ0v) is 15.8. The standard InChI is InChI=1S/C20H28N2O4/c1-13-7-6-8-14(2)19(13)22-17(23)12-21-20(25)15(3)26-18(24)11-16-9-4-5-10-16/h6-8,15-16H,4-5,9-12H2,1-3H3,(H,21,25)(H,22,23). The Balaban J connectivity index is 1.74. The molecule has 1 aliphatic carbocycles. The Bertz CT molecular complexity index is 646. The third-order valence-corrected chi connectivity index (χ3v) is 4.78. The lowest BCUT2D eigenvalue weighted by Crippen LogP contribution is -2.40. The summed E-state index contributed by atoms with van der Waals surface area (Å²) in [6, 6.07) is 5.74. The van der Waals surface area contributed by atoms with Crippen molar-refractivity contribution >= 4 is 23.5 Å². The fourth-order valence-electron chi connectivity index (χ4n) is 3.26. The molecule has 0 heterocycles. The smallest absolute Gasteiger partial charge is 0.306 e. The number of amides is 2. The molecule has 26 heavy (non-hydrogen) atoms. The topological polar surface area (TPSA) is 84.5 Å². The van der Waals surface area contributed by atoms with Crippen LogP contribution >= 0.6 is 0 Å². The summed E-state index contributed by atoms with van der Waals surface area (Å²) < 4.78 is 5.18. The van der Waals surface area contributed by atoms with Gasteiger partial charge in [0.2, 0.25) is 5.91 Å². The van der Waals surface area contributed by atoms with Crippen LogP contribution in [0.15, 0.2) is 18.2 Å². The van der Waals surface area contributed by atoms with E-state index in [-0.39, 0.29) is 18.4 Å². The van der Waals surface area contributed by atoms with Gasteiger partial charge in [-0.05, 0) is 50.7 Å². The van der Waals surface area contributed by atoms with Gasteiger partial charge in [-0.2, -0.15) is 0 Å². The van der Waals surface area contributed by atoms with E-state index in [0.29, 0.717) is 12.3 Å². The number of ether oxygens (including phenoxy) is 1. The molecule has 0 bridgehead atoms. The highest BCUT2D eigenvalue weighted by Gasteiger charge is 2.23. The van der Waals surface area contributed by atoms with E-state index in [2.05, 4.69) is 10.6 Å². The van der Waals surface area contributed by atoms with Gasteiger partial charge in [-0.1, -0.05) is 31.0 Å². The number of esters is 1. The maximum atomic E-state index is 12.1. The number of hydrogen-bond acceptors (Lipinski definition) is 4. The summed E-state index contributed by atoms with van der Waals surface area (Å²) in [4.78, 5) is 36.0. The van der Waals surface area contributed by atoms with Gasteiger partial charge in [0, 0.05) is 12.1 Å². The van der Waals surface area contributed by atoms with Crippen LogP contribution in [0.3, 0.4) is 0 Å². The lowest BCUT2D eigenvalue weighted by atomic mass is 10.0. The first-order chi connectivity index (χ1) is 12.4. The van der Waals surface area contributed by atoms with Crippen molar-refractivity contribution in [3.05, 3.63) is 29.3 Å². The summed E-state index contributed by atoms with van der Waals surface area (Å²) in [5, 5.41) is 5.31. The summed E-state index contributed by atoms with van der Waals surface area (Å²) >= 11 is 0. The van der Waals surface area contributed by atoms with E-state index in [4.69, 9.17) is 4.74 Å². The molecular formula is C20H28N2O4. The molecule has 0 saturated heterocycles. The van der Waals surface area contributed by atoms with Gasteiger partial charge in [0.15, 0.2) is 6.10 Å². The molecule has 1 unspecified atom stereocenters. The highest BCUT2D eigenvalue weighted by atomic mass is 16.5. The predicted octanol–water partition coefficient (Wildman–Crippen LogP) is 2.87. The van der Waals surface area contributed by atoms with Gasteiger partial charge < -0.3 is 15.4 Å². The van der Waals surface area contributed by atoms with Crippen molar-refractivity contribution in [3.63, 3.8) is 0 Å². The molecule has 0 spiro atoms. The van der Waals surface area contributed by atoms with Crippen LogP contribution < -0.4 is 10.6 Å². The van der Waals surface area contributed by atoms with Gasteiger partial charge in [0.25, 0.3) is 5.91 Å². The first-order valence-corrected chi connectivity index (χ1v) is 9.20. The molecule has 0 aliphatic heterocycles. The van der Waals surface area contributed by atoms with Crippen LogP contribution in [0.25, 0.3) is 0 Å². The quantitative estimate of drug-likeness (QED) is 0.732. The first-order valence-electron chi connectivity index (χ1n) is 9.20. The summed E-state index contributed by atoms with van der Waals surface area (Å²) in [5.41, 5.74) is 2.67. The van der Waals surface area contributed by atoms with Crippen LogP contribution in [0.2, 0.25) is 0 Å². The molecular weight excluding hydrogens is 332 g/mol. The van der Waals surface area contributed by atoms with E-state index < -0.39 is 12.0 Å². The third-order valence-electron chi connectivity index (χ3n) is 4.78. The van der Waals surface area contributed by atoms with Crippen LogP contribution in [-0.2, 0) is 19.1 Å². The molecule has 1 saturated carbocycles. The number of para-hydroxylation sites is 1. The van der Waals surface area contributed by atoms with Crippen molar-refractivity contribution in [3.8, 4) is 0 Å². The molecule has 2 N–H and O–H groups in total. The van der Waals surface area contributed by atoms with Crippen LogP contribution in [0.1, 0.15) is 50.2 Å². The van der Waals surface area contributed by atoms with Crippen LogP contribution in [0, 0.1) is 19.8 Å². The number of carbonyl (C=O) groups is 3. The number of hydrogen-bond donors (Lipinski definition) is 2. The number of anilines is 1. The SMILES string of the molecule is Cc1cccc(C)c1NC(=O)CNC(=O)C(C)OC(=O)CC1CCCC1. The van der Waals surface area contributed by atoms with Gasteiger partial charge in [-0.25, -0.2) is 0 Å². The van der Waals surface area contributed by atoms with E-state index >= 15 is 0 Å². The molecule has 0 aromatic heterocycles. The monoisotopic (exact) mass is 360 g/mol. The molecule has 1 aromatic carbocycles. The van der Waals surface area contributed by atoms with Gasteiger partial charge in [-0.15, -0.1) is 0 Å². The fraction of sp³-hybridized carbons (Fsp3) is 0.550. The highest BCUT2D eigenvalue weighted by Crippen LogP contribution is 2.27. The molecule has 142 valence electrons. The lowest BCUT2D eigenvalue weighted by Gasteiger charge is -2.15. The van der Waals surface area contributed by atoms with Crippen molar-refractivity contribution in [2.24, 2.45) is 5.92 Å². The first kappa shape index (κ1) is 19.9. The molecule has 1 aromatic rings. The van der Waals surface area contributed by atoms with Gasteiger partial charge >= 0.3 is 5.97 Å². The van der Waals surface area contributed by atoms with E-state index in [1.807, 2.05) is 32.0 Å². The Labute approximate surface area is 154 Å². The van der Waals surface area contributed by atoms with Crippen molar-refractivity contribution < 1.29 is 19.1 Å². The number of carbonyl (C=O) groups excluding carboxylic acids is 3. The van der Waals surface area contributed by atoms with Crippen molar-refractivity contribution in [1.82, 2.24) is 5.32 Å². The molecule has 0 radical (unpaired) electrons. The molecule has 1 aliphatic rings. The van der Waals surface area contributed by atoms with Gasteiger partial charge in [0.05, 0.1) is 6.54 Å². The second kappa shape index (κ2) is 9.36. The van der Waals surface area contributed by atoms with E-state index in [9.17, 15) is 14.4 Å². The zero-order valence-electron chi connectivity index (χ0n) is 15.8. The summed E-state index contributed by atoms with van der Waals surface area (Å²) in [6.07, 6.45) is 3.87. The molecule has 6 heteroatoms. The average molecular weight is 360 g/mol. The zero-order chi connectivity index (χ0) is 19.1. The summed E-state index contributed by atoms with van der Waals surface area (Å²) in [7, 11) is 0. The highest BCUT2D eigenvalue weighted by molar-refractivity contribution is 5.96. The van der Waals surface area contributed by atoms with E-state index in [1.54, 1.807) is 0 Å². The molecule has 1 atom stereocenters. The maximum absolute atomic E-state index is 12.1. The Morgan fingerprint density at radius 2 is 1.77 bits per heavy atom. The minimum atomic E-state index is -0.906. The van der Waals surface area contributed by atoms with Crippen molar-refractivity contribution in [1.29, 1.82) is 0 Å². The Hall–Kier alpha value is -2.37. The van der Waals surface area contributed by atoms with E-state index in [1.165, 1.54) is 6.92 Å². The molecule has 2 rings (SSSR count). The average Bonchev–Trinajstić information content (AvgIpc) is 3.08. The summed E-state index contributed by atoms with van der Waals surface area (Å²) in [5.74, 6) is -0.762. The third kappa shape index (κ3) is 5.86. The summed E-state index contributed by atoms with van der Waals surface area (Å²) in [6.45, 7) is 5.17.